The Bertz CT molecular complexity index is 830. The molecule has 2 aromatic carbocycles. The molecule has 5 heteroatoms. The normalized spacial score (nSPS) is 10.9. The summed E-state index contributed by atoms with van der Waals surface area (Å²) in [5.41, 5.74) is 0.869. The second-order valence-corrected chi connectivity index (χ2v) is 5.74. The zero-order valence-electron chi connectivity index (χ0n) is 14.0. The van der Waals surface area contributed by atoms with E-state index in [9.17, 15) is 4.79 Å². The van der Waals surface area contributed by atoms with E-state index < -0.39 is 0 Å². The van der Waals surface area contributed by atoms with Crippen molar-refractivity contribution in [2.24, 2.45) is 0 Å². The van der Waals surface area contributed by atoms with Gasteiger partial charge in [0.05, 0.1) is 0 Å². The highest BCUT2D eigenvalue weighted by Gasteiger charge is 2.22. The van der Waals surface area contributed by atoms with Gasteiger partial charge in [0.2, 0.25) is 5.82 Å². The van der Waals surface area contributed by atoms with Crippen LogP contribution in [0.15, 0.2) is 47.0 Å². The van der Waals surface area contributed by atoms with Crippen LogP contribution in [0.5, 0.6) is 0 Å². The highest BCUT2D eigenvalue weighted by Crippen LogP contribution is 2.26. The van der Waals surface area contributed by atoms with E-state index in [4.69, 9.17) is 4.52 Å². The van der Waals surface area contributed by atoms with E-state index in [1.54, 1.807) is 4.90 Å². The fourth-order valence-corrected chi connectivity index (χ4v) is 2.83. The van der Waals surface area contributed by atoms with Crippen molar-refractivity contribution >= 4 is 16.7 Å². The summed E-state index contributed by atoms with van der Waals surface area (Å²) in [5, 5.41) is 6.17. The van der Waals surface area contributed by atoms with Gasteiger partial charge in [0, 0.05) is 18.7 Å². The molecule has 24 heavy (non-hydrogen) atoms. The molecule has 0 spiro atoms. The smallest absolute Gasteiger partial charge is 0.316 e. The highest BCUT2D eigenvalue weighted by molar-refractivity contribution is 5.96. The van der Waals surface area contributed by atoms with Gasteiger partial charge in [-0.25, -0.2) is 0 Å². The van der Waals surface area contributed by atoms with Crippen LogP contribution in [0.3, 0.4) is 0 Å². The van der Waals surface area contributed by atoms with Crippen LogP contribution < -0.4 is 0 Å². The molecule has 0 atom stereocenters. The summed E-state index contributed by atoms with van der Waals surface area (Å²) in [6.45, 7) is 5.48. The lowest BCUT2D eigenvalue weighted by Gasteiger charge is -2.18. The molecule has 1 heterocycles. The molecular weight excluding hydrogens is 302 g/mol. The van der Waals surface area contributed by atoms with Crippen molar-refractivity contribution in [3.63, 3.8) is 0 Å². The number of aromatic nitrogens is 2. The third-order valence-electron chi connectivity index (χ3n) is 3.91. The minimum Gasteiger partial charge on any atom is -0.334 e. The molecule has 0 N–H and O–H groups in total. The van der Waals surface area contributed by atoms with E-state index in [0.29, 0.717) is 18.9 Å². The first kappa shape index (κ1) is 16.2. The number of nitrogens with zero attached hydrogens (tertiary/aromatic N) is 3. The largest absolute Gasteiger partial charge is 0.334 e. The molecule has 5 nitrogen and oxygen atoms in total. The Morgan fingerprint density at radius 1 is 1.04 bits per heavy atom. The van der Waals surface area contributed by atoms with Gasteiger partial charge in [-0.05, 0) is 23.6 Å². The van der Waals surface area contributed by atoms with Gasteiger partial charge in [-0.1, -0.05) is 61.5 Å². The van der Waals surface area contributed by atoms with Crippen molar-refractivity contribution in [2.45, 2.75) is 26.7 Å². The van der Waals surface area contributed by atoms with Gasteiger partial charge in [-0.3, -0.25) is 4.79 Å². The van der Waals surface area contributed by atoms with E-state index in [1.165, 1.54) is 0 Å². The van der Waals surface area contributed by atoms with Crippen molar-refractivity contribution in [3.8, 4) is 11.4 Å². The lowest BCUT2D eigenvalue weighted by molar-refractivity contribution is 0.0705. The lowest BCUT2D eigenvalue weighted by Crippen LogP contribution is -2.32. The van der Waals surface area contributed by atoms with Gasteiger partial charge in [-0.15, -0.1) is 0 Å². The van der Waals surface area contributed by atoms with Crippen molar-refractivity contribution in [1.82, 2.24) is 15.0 Å². The molecule has 0 aliphatic heterocycles. The predicted molar refractivity (Wildman–Crippen MR) is 93.7 cm³/mol. The number of carbonyl (C=O) groups is 1. The average molecular weight is 323 g/mol. The maximum absolute atomic E-state index is 12.6. The molecular formula is C19H21N3O2. The number of amides is 1. The van der Waals surface area contributed by atoms with Crippen LogP contribution in [-0.2, 0) is 0 Å². The number of carbonyl (C=O) groups excluding carboxylic acids is 1. The van der Waals surface area contributed by atoms with Gasteiger partial charge < -0.3 is 9.42 Å². The molecule has 3 rings (SSSR count). The molecule has 0 bridgehead atoms. The first-order chi connectivity index (χ1) is 11.7. The maximum atomic E-state index is 12.6. The fourth-order valence-electron chi connectivity index (χ4n) is 2.83. The Kier molecular flexibility index (Phi) is 4.89. The van der Waals surface area contributed by atoms with E-state index in [0.717, 1.165) is 29.2 Å². The third kappa shape index (κ3) is 3.15. The van der Waals surface area contributed by atoms with Crippen LogP contribution in [0, 0.1) is 0 Å². The van der Waals surface area contributed by atoms with E-state index in [-0.39, 0.29) is 11.8 Å². The van der Waals surface area contributed by atoms with Crippen molar-refractivity contribution in [1.29, 1.82) is 0 Å². The zero-order valence-corrected chi connectivity index (χ0v) is 14.0. The average Bonchev–Trinajstić information content (AvgIpc) is 3.10. The first-order valence-corrected chi connectivity index (χ1v) is 8.35. The molecule has 1 amide bonds. The van der Waals surface area contributed by atoms with Crippen molar-refractivity contribution in [2.75, 3.05) is 13.1 Å². The molecule has 124 valence electrons. The number of fused-ring (bicyclic) bond motifs is 1. The number of rotatable bonds is 6. The van der Waals surface area contributed by atoms with Gasteiger partial charge >= 0.3 is 11.8 Å². The Hall–Kier alpha value is -2.69. The first-order valence-electron chi connectivity index (χ1n) is 8.35. The molecule has 0 saturated carbocycles. The Morgan fingerprint density at radius 3 is 2.50 bits per heavy atom. The van der Waals surface area contributed by atoms with Crippen molar-refractivity contribution in [3.05, 3.63) is 48.4 Å². The van der Waals surface area contributed by atoms with E-state index in [1.807, 2.05) is 56.3 Å². The molecule has 0 radical (unpaired) electrons. The quantitative estimate of drug-likeness (QED) is 0.683. The van der Waals surface area contributed by atoms with Gasteiger partial charge in [0.25, 0.3) is 0 Å². The van der Waals surface area contributed by atoms with Crippen LogP contribution >= 0.6 is 0 Å². The van der Waals surface area contributed by atoms with Crippen molar-refractivity contribution < 1.29 is 9.32 Å². The lowest BCUT2D eigenvalue weighted by atomic mass is 10.0. The molecule has 0 aliphatic carbocycles. The summed E-state index contributed by atoms with van der Waals surface area (Å²) in [5.74, 6) is 0.306. The summed E-state index contributed by atoms with van der Waals surface area (Å²) in [4.78, 5) is 18.7. The highest BCUT2D eigenvalue weighted by atomic mass is 16.5. The molecule has 3 aromatic rings. The summed E-state index contributed by atoms with van der Waals surface area (Å²) >= 11 is 0. The maximum Gasteiger partial charge on any atom is 0.316 e. The number of hydrogen-bond donors (Lipinski definition) is 0. The second-order valence-electron chi connectivity index (χ2n) is 5.74. The molecule has 0 saturated heterocycles. The number of hydrogen-bond acceptors (Lipinski definition) is 4. The van der Waals surface area contributed by atoms with E-state index in [2.05, 4.69) is 10.1 Å². The van der Waals surface area contributed by atoms with Crippen LogP contribution in [0.2, 0.25) is 0 Å². The van der Waals surface area contributed by atoms with E-state index >= 15 is 0 Å². The summed E-state index contributed by atoms with van der Waals surface area (Å²) in [6.07, 6.45) is 1.80. The standard InChI is InChI=1S/C19H21N3O2/c1-3-12-22(13-4-2)19(23)18-20-17(21-24-18)16-11-7-9-14-8-5-6-10-15(14)16/h5-11H,3-4,12-13H2,1-2H3. The van der Waals surface area contributed by atoms with Gasteiger partial charge in [-0.2, -0.15) is 4.98 Å². The van der Waals surface area contributed by atoms with Gasteiger partial charge in [0.1, 0.15) is 0 Å². The van der Waals surface area contributed by atoms with Crippen LogP contribution in [-0.4, -0.2) is 34.0 Å². The second kappa shape index (κ2) is 7.25. The molecule has 0 unspecified atom stereocenters. The Labute approximate surface area is 141 Å². The predicted octanol–water partition coefficient (Wildman–Crippen LogP) is 4.15. The summed E-state index contributed by atoms with van der Waals surface area (Å²) in [7, 11) is 0. The monoisotopic (exact) mass is 323 g/mol. The SMILES string of the molecule is CCCN(CCC)C(=O)c1nc(-c2cccc3ccccc23)no1. The third-order valence-corrected chi connectivity index (χ3v) is 3.91. The Morgan fingerprint density at radius 2 is 1.75 bits per heavy atom. The van der Waals surface area contributed by atoms with Crippen LogP contribution in [0.4, 0.5) is 0 Å². The summed E-state index contributed by atoms with van der Waals surface area (Å²) in [6, 6.07) is 14.0. The zero-order chi connectivity index (χ0) is 16.9. The minimum atomic E-state index is -0.197. The minimum absolute atomic E-state index is 0.0554. The topological polar surface area (TPSA) is 59.2 Å². The fraction of sp³-hybridized carbons (Fsp3) is 0.316. The summed E-state index contributed by atoms with van der Waals surface area (Å²) < 4.78 is 5.25. The Balaban J connectivity index is 1.93. The van der Waals surface area contributed by atoms with Crippen LogP contribution in [0.1, 0.15) is 37.4 Å². The van der Waals surface area contributed by atoms with Gasteiger partial charge in [0.15, 0.2) is 0 Å². The van der Waals surface area contributed by atoms with Crippen LogP contribution in [0.25, 0.3) is 22.2 Å². The molecule has 1 aromatic heterocycles. The molecule has 0 fully saturated rings. The number of benzene rings is 2. The molecule has 0 aliphatic rings.